The topological polar surface area (TPSA) is 33.1 Å². The second-order valence-electron chi connectivity index (χ2n) is 5.43. The SMILES string of the molecule is Cn1ccc(CNc2ccc(N3CCCCC3)cc2)n1. The molecule has 0 radical (unpaired) electrons. The number of aromatic nitrogens is 2. The summed E-state index contributed by atoms with van der Waals surface area (Å²) in [7, 11) is 1.94. The molecule has 3 rings (SSSR count). The highest BCUT2D eigenvalue weighted by atomic mass is 15.3. The van der Waals surface area contributed by atoms with Gasteiger partial charge in [0.2, 0.25) is 0 Å². The summed E-state index contributed by atoms with van der Waals surface area (Å²) in [5.74, 6) is 0. The fourth-order valence-electron chi connectivity index (χ4n) is 2.69. The van der Waals surface area contributed by atoms with Gasteiger partial charge in [0.15, 0.2) is 0 Å². The molecule has 0 bridgehead atoms. The molecule has 106 valence electrons. The van der Waals surface area contributed by atoms with Crippen molar-refractivity contribution in [3.8, 4) is 0 Å². The summed E-state index contributed by atoms with van der Waals surface area (Å²) in [4.78, 5) is 2.48. The van der Waals surface area contributed by atoms with Crippen LogP contribution in [0.5, 0.6) is 0 Å². The highest BCUT2D eigenvalue weighted by Crippen LogP contribution is 2.21. The number of aryl methyl sites for hydroxylation is 1. The number of hydrogen-bond donors (Lipinski definition) is 1. The number of anilines is 2. The van der Waals surface area contributed by atoms with Crippen molar-refractivity contribution in [1.29, 1.82) is 0 Å². The Balaban J connectivity index is 1.58. The predicted octanol–water partition coefficient (Wildman–Crippen LogP) is 3.02. The van der Waals surface area contributed by atoms with Gasteiger partial charge in [-0.25, -0.2) is 0 Å². The molecule has 2 aromatic rings. The molecule has 2 heterocycles. The van der Waals surface area contributed by atoms with Gasteiger partial charge in [-0.3, -0.25) is 4.68 Å². The zero-order valence-corrected chi connectivity index (χ0v) is 12.0. The molecule has 1 aliphatic heterocycles. The Morgan fingerprint density at radius 3 is 2.45 bits per heavy atom. The molecule has 0 saturated carbocycles. The fourth-order valence-corrected chi connectivity index (χ4v) is 2.69. The van der Waals surface area contributed by atoms with Gasteiger partial charge >= 0.3 is 0 Å². The molecule has 1 aromatic heterocycles. The van der Waals surface area contributed by atoms with Gasteiger partial charge in [-0.1, -0.05) is 0 Å². The molecule has 1 aromatic carbocycles. The van der Waals surface area contributed by atoms with E-state index in [1.165, 1.54) is 38.0 Å². The van der Waals surface area contributed by atoms with Crippen molar-refractivity contribution in [3.63, 3.8) is 0 Å². The Hall–Kier alpha value is -1.97. The maximum atomic E-state index is 4.36. The van der Waals surface area contributed by atoms with Crippen LogP contribution >= 0.6 is 0 Å². The highest BCUT2D eigenvalue weighted by Gasteiger charge is 2.10. The molecule has 0 atom stereocenters. The van der Waals surface area contributed by atoms with Crippen LogP contribution in [0.1, 0.15) is 25.0 Å². The lowest BCUT2D eigenvalue weighted by atomic mass is 10.1. The van der Waals surface area contributed by atoms with E-state index in [4.69, 9.17) is 0 Å². The van der Waals surface area contributed by atoms with Crippen LogP contribution in [0, 0.1) is 0 Å². The standard InChI is InChI=1S/C16H22N4/c1-19-12-9-15(18-19)13-17-14-5-7-16(8-6-14)20-10-3-2-4-11-20/h5-9,12,17H,2-4,10-11,13H2,1H3. The van der Waals surface area contributed by atoms with Gasteiger partial charge in [0.25, 0.3) is 0 Å². The van der Waals surface area contributed by atoms with Crippen LogP contribution in [0.15, 0.2) is 36.5 Å². The minimum Gasteiger partial charge on any atom is -0.379 e. The van der Waals surface area contributed by atoms with Crippen molar-refractivity contribution in [2.75, 3.05) is 23.3 Å². The Kier molecular flexibility index (Phi) is 3.90. The Morgan fingerprint density at radius 2 is 1.80 bits per heavy atom. The molecule has 1 fully saturated rings. The van der Waals surface area contributed by atoms with Crippen molar-refractivity contribution in [1.82, 2.24) is 9.78 Å². The van der Waals surface area contributed by atoms with Crippen molar-refractivity contribution in [2.45, 2.75) is 25.8 Å². The van der Waals surface area contributed by atoms with Gasteiger partial charge in [0.05, 0.1) is 12.2 Å². The number of benzene rings is 1. The average Bonchev–Trinajstić information content (AvgIpc) is 2.92. The van der Waals surface area contributed by atoms with Crippen LogP contribution in [0.25, 0.3) is 0 Å². The Labute approximate surface area is 120 Å². The third kappa shape index (κ3) is 3.13. The number of piperidine rings is 1. The second-order valence-corrected chi connectivity index (χ2v) is 5.43. The number of hydrogen-bond acceptors (Lipinski definition) is 3. The molecular weight excluding hydrogens is 248 g/mol. The molecule has 0 unspecified atom stereocenters. The second kappa shape index (κ2) is 5.99. The quantitative estimate of drug-likeness (QED) is 0.927. The lowest BCUT2D eigenvalue weighted by Crippen LogP contribution is -2.29. The van der Waals surface area contributed by atoms with Crippen LogP contribution in [0.3, 0.4) is 0 Å². The maximum Gasteiger partial charge on any atom is 0.0815 e. The van der Waals surface area contributed by atoms with E-state index < -0.39 is 0 Å². The zero-order valence-electron chi connectivity index (χ0n) is 12.0. The molecule has 0 amide bonds. The van der Waals surface area contributed by atoms with E-state index in [-0.39, 0.29) is 0 Å². The summed E-state index contributed by atoms with van der Waals surface area (Å²) in [5.41, 5.74) is 3.55. The van der Waals surface area contributed by atoms with Crippen molar-refractivity contribution in [2.24, 2.45) is 7.05 Å². The number of nitrogens with zero attached hydrogens (tertiary/aromatic N) is 3. The predicted molar refractivity (Wildman–Crippen MR) is 83.0 cm³/mol. The average molecular weight is 270 g/mol. The lowest BCUT2D eigenvalue weighted by molar-refractivity contribution is 0.578. The lowest BCUT2D eigenvalue weighted by Gasteiger charge is -2.28. The minimum atomic E-state index is 0.768. The smallest absolute Gasteiger partial charge is 0.0815 e. The van der Waals surface area contributed by atoms with Crippen molar-refractivity contribution >= 4 is 11.4 Å². The van der Waals surface area contributed by atoms with Crippen LogP contribution in [0.2, 0.25) is 0 Å². The van der Waals surface area contributed by atoms with E-state index in [0.717, 1.165) is 17.9 Å². The van der Waals surface area contributed by atoms with E-state index in [2.05, 4.69) is 39.6 Å². The summed E-state index contributed by atoms with van der Waals surface area (Å²) in [6.45, 7) is 3.16. The molecule has 0 spiro atoms. The number of nitrogens with one attached hydrogen (secondary N) is 1. The van der Waals surface area contributed by atoms with E-state index in [1.807, 2.05) is 24.0 Å². The number of rotatable bonds is 4. The van der Waals surface area contributed by atoms with Gasteiger partial charge in [-0.15, -0.1) is 0 Å². The first-order chi connectivity index (χ1) is 9.81. The highest BCUT2D eigenvalue weighted by molar-refractivity contribution is 5.55. The first-order valence-electron chi connectivity index (χ1n) is 7.39. The first-order valence-corrected chi connectivity index (χ1v) is 7.39. The van der Waals surface area contributed by atoms with Gasteiger partial charge in [-0.2, -0.15) is 5.10 Å². The van der Waals surface area contributed by atoms with E-state index >= 15 is 0 Å². The van der Waals surface area contributed by atoms with Gasteiger partial charge in [0.1, 0.15) is 0 Å². The minimum absolute atomic E-state index is 0.768. The van der Waals surface area contributed by atoms with E-state index in [0.29, 0.717) is 0 Å². The van der Waals surface area contributed by atoms with Gasteiger partial charge in [0, 0.05) is 37.7 Å². The molecule has 1 saturated heterocycles. The van der Waals surface area contributed by atoms with Crippen molar-refractivity contribution < 1.29 is 0 Å². The molecule has 4 heteroatoms. The summed E-state index contributed by atoms with van der Waals surface area (Å²) < 4.78 is 1.83. The van der Waals surface area contributed by atoms with Crippen LogP contribution < -0.4 is 10.2 Å². The molecule has 20 heavy (non-hydrogen) atoms. The van der Waals surface area contributed by atoms with Crippen LogP contribution in [0.4, 0.5) is 11.4 Å². The van der Waals surface area contributed by atoms with Crippen LogP contribution in [-0.2, 0) is 13.6 Å². The maximum absolute atomic E-state index is 4.36. The molecular formula is C16H22N4. The summed E-state index contributed by atoms with van der Waals surface area (Å²) >= 11 is 0. The normalized spacial score (nSPS) is 15.3. The molecule has 0 aliphatic carbocycles. The fraction of sp³-hybridized carbons (Fsp3) is 0.438. The monoisotopic (exact) mass is 270 g/mol. The molecule has 4 nitrogen and oxygen atoms in total. The third-order valence-corrected chi connectivity index (χ3v) is 3.83. The van der Waals surface area contributed by atoms with Crippen LogP contribution in [-0.4, -0.2) is 22.9 Å². The largest absolute Gasteiger partial charge is 0.379 e. The zero-order chi connectivity index (χ0) is 13.8. The van der Waals surface area contributed by atoms with E-state index in [1.54, 1.807) is 0 Å². The Morgan fingerprint density at radius 1 is 1.05 bits per heavy atom. The third-order valence-electron chi connectivity index (χ3n) is 3.83. The molecule has 1 N–H and O–H groups in total. The molecule has 1 aliphatic rings. The van der Waals surface area contributed by atoms with E-state index in [9.17, 15) is 0 Å². The van der Waals surface area contributed by atoms with Crippen molar-refractivity contribution in [3.05, 3.63) is 42.2 Å². The summed E-state index contributed by atoms with van der Waals surface area (Å²) in [6.07, 6.45) is 5.98. The summed E-state index contributed by atoms with van der Waals surface area (Å²) in [5, 5.41) is 7.77. The Bertz CT molecular complexity index is 538. The first kappa shape index (κ1) is 13.0. The summed E-state index contributed by atoms with van der Waals surface area (Å²) in [6, 6.07) is 10.8. The van der Waals surface area contributed by atoms with Gasteiger partial charge < -0.3 is 10.2 Å². The van der Waals surface area contributed by atoms with Gasteiger partial charge in [-0.05, 0) is 49.6 Å².